The number of amides is 2. The van der Waals surface area contributed by atoms with E-state index in [1.165, 1.54) is 0 Å². The molecule has 0 aliphatic heterocycles. The number of benzene rings is 2. The van der Waals surface area contributed by atoms with E-state index < -0.39 is 24.0 Å². The molecule has 0 bridgehead atoms. The number of aromatic nitrogens is 3. The molecule has 0 atom stereocenters. The molecule has 11 heteroatoms. The maximum atomic E-state index is 12.3. The number of nitrogens with zero attached hydrogens (tertiary/aromatic N) is 2. The molecule has 0 saturated carbocycles. The van der Waals surface area contributed by atoms with Gasteiger partial charge in [0, 0.05) is 17.8 Å². The average molecular weight is 524 g/mol. The normalized spacial score (nSPS) is 10.6. The van der Waals surface area contributed by atoms with Gasteiger partial charge < -0.3 is 15.4 Å². The van der Waals surface area contributed by atoms with Crippen LogP contribution in [0.25, 0.3) is 0 Å². The van der Waals surface area contributed by atoms with Crippen LogP contribution in [0.5, 0.6) is 0 Å². The van der Waals surface area contributed by atoms with Gasteiger partial charge in [0.2, 0.25) is 5.91 Å². The Morgan fingerprint density at radius 1 is 0.865 bits per heavy atom. The third-order valence-electron chi connectivity index (χ3n) is 5.51. The van der Waals surface area contributed by atoms with Gasteiger partial charge >= 0.3 is 5.97 Å². The number of aromatic amines is 1. The van der Waals surface area contributed by atoms with E-state index in [2.05, 4.69) is 25.8 Å². The van der Waals surface area contributed by atoms with Crippen molar-refractivity contribution >= 4 is 40.9 Å². The van der Waals surface area contributed by atoms with Gasteiger partial charge in [-0.3, -0.25) is 24.2 Å². The SMILES string of the molecule is Cc1cccc(C)c1NC(=O)COC(=O)CCc1nnc(SCC(=O)Nc2c(C)cccc2C)[nH]c1=O. The number of esters is 1. The highest BCUT2D eigenvalue weighted by Gasteiger charge is 2.14. The minimum Gasteiger partial charge on any atom is -0.456 e. The smallest absolute Gasteiger partial charge is 0.306 e. The zero-order chi connectivity index (χ0) is 26.9. The van der Waals surface area contributed by atoms with Crippen molar-refractivity contribution < 1.29 is 19.1 Å². The number of hydrogen-bond donors (Lipinski definition) is 3. The third-order valence-corrected chi connectivity index (χ3v) is 6.37. The molecular weight excluding hydrogens is 494 g/mol. The molecule has 10 nitrogen and oxygen atoms in total. The molecule has 0 fully saturated rings. The Labute approximate surface area is 218 Å². The summed E-state index contributed by atoms with van der Waals surface area (Å²) in [6.07, 6.45) is -0.142. The van der Waals surface area contributed by atoms with E-state index in [-0.39, 0.29) is 35.4 Å². The molecule has 1 aromatic heterocycles. The quantitative estimate of drug-likeness (QED) is 0.271. The number of thioether (sulfide) groups is 1. The highest BCUT2D eigenvalue weighted by Crippen LogP contribution is 2.21. The molecule has 2 aromatic carbocycles. The maximum Gasteiger partial charge on any atom is 0.306 e. The zero-order valence-electron chi connectivity index (χ0n) is 21.1. The number of carbonyl (C=O) groups excluding carboxylic acids is 3. The molecule has 3 rings (SSSR count). The molecule has 0 saturated heterocycles. The van der Waals surface area contributed by atoms with Gasteiger partial charge in [0.25, 0.3) is 11.5 Å². The molecule has 0 unspecified atom stereocenters. The predicted molar refractivity (Wildman–Crippen MR) is 142 cm³/mol. The molecule has 0 spiro atoms. The molecule has 0 radical (unpaired) electrons. The largest absolute Gasteiger partial charge is 0.456 e. The Hall–Kier alpha value is -3.99. The highest BCUT2D eigenvalue weighted by molar-refractivity contribution is 7.99. The summed E-state index contributed by atoms with van der Waals surface area (Å²) < 4.78 is 5.01. The molecule has 3 aromatic rings. The summed E-state index contributed by atoms with van der Waals surface area (Å²) in [5, 5.41) is 13.6. The van der Waals surface area contributed by atoms with Gasteiger partial charge in [-0.05, 0) is 49.9 Å². The second kappa shape index (κ2) is 12.8. The summed E-state index contributed by atoms with van der Waals surface area (Å²) >= 11 is 1.04. The van der Waals surface area contributed by atoms with Gasteiger partial charge in [-0.25, -0.2) is 0 Å². The molecule has 2 amide bonds. The lowest BCUT2D eigenvalue weighted by molar-refractivity contribution is -0.147. The number of para-hydroxylation sites is 2. The first kappa shape index (κ1) is 27.6. The van der Waals surface area contributed by atoms with Crippen molar-refractivity contribution in [1.29, 1.82) is 0 Å². The topological polar surface area (TPSA) is 143 Å². The van der Waals surface area contributed by atoms with E-state index >= 15 is 0 Å². The van der Waals surface area contributed by atoms with Crippen LogP contribution >= 0.6 is 11.8 Å². The second-order valence-electron chi connectivity index (χ2n) is 8.49. The van der Waals surface area contributed by atoms with Crippen LogP contribution in [0.2, 0.25) is 0 Å². The summed E-state index contributed by atoms with van der Waals surface area (Å²) in [6.45, 7) is 7.13. The van der Waals surface area contributed by atoms with Crippen molar-refractivity contribution in [2.24, 2.45) is 0 Å². The summed E-state index contributed by atoms with van der Waals surface area (Å²) in [6, 6.07) is 11.4. The first-order valence-electron chi connectivity index (χ1n) is 11.6. The Morgan fingerprint density at radius 2 is 1.41 bits per heavy atom. The van der Waals surface area contributed by atoms with Crippen LogP contribution in [0.4, 0.5) is 11.4 Å². The second-order valence-corrected chi connectivity index (χ2v) is 9.45. The molecule has 3 N–H and O–H groups in total. The monoisotopic (exact) mass is 523 g/mol. The fourth-order valence-electron chi connectivity index (χ4n) is 3.52. The van der Waals surface area contributed by atoms with E-state index in [4.69, 9.17) is 4.74 Å². The average Bonchev–Trinajstić information content (AvgIpc) is 2.85. The Bertz CT molecular complexity index is 1330. The van der Waals surface area contributed by atoms with Crippen LogP contribution in [-0.2, 0) is 25.5 Å². The van der Waals surface area contributed by atoms with Crippen LogP contribution < -0.4 is 16.2 Å². The predicted octanol–water partition coefficient (Wildman–Crippen LogP) is 3.24. The van der Waals surface area contributed by atoms with Gasteiger partial charge in [0.05, 0.1) is 12.2 Å². The lowest BCUT2D eigenvalue weighted by Gasteiger charge is -2.11. The Balaban J connectivity index is 1.44. The number of H-pyrrole nitrogens is 1. The minimum atomic E-state index is -0.639. The molecular formula is C26H29N5O5S. The van der Waals surface area contributed by atoms with Gasteiger partial charge in [0.15, 0.2) is 11.8 Å². The summed E-state index contributed by atoms with van der Waals surface area (Å²) in [7, 11) is 0. The van der Waals surface area contributed by atoms with E-state index in [9.17, 15) is 19.2 Å². The number of anilines is 2. The van der Waals surface area contributed by atoms with Crippen LogP contribution in [0.3, 0.4) is 0 Å². The molecule has 1 heterocycles. The molecule has 0 aliphatic rings. The molecule has 37 heavy (non-hydrogen) atoms. The van der Waals surface area contributed by atoms with E-state index in [1.807, 2.05) is 64.1 Å². The summed E-state index contributed by atoms with van der Waals surface area (Å²) in [5.74, 6) is -1.29. The van der Waals surface area contributed by atoms with Gasteiger partial charge in [-0.2, -0.15) is 0 Å². The fraction of sp³-hybridized carbons (Fsp3) is 0.308. The highest BCUT2D eigenvalue weighted by atomic mass is 32.2. The van der Waals surface area contributed by atoms with E-state index in [0.717, 1.165) is 39.7 Å². The van der Waals surface area contributed by atoms with Crippen LogP contribution in [0.15, 0.2) is 46.3 Å². The number of carbonyl (C=O) groups is 3. The Morgan fingerprint density at radius 3 is 1.95 bits per heavy atom. The lowest BCUT2D eigenvalue weighted by atomic mass is 10.1. The third kappa shape index (κ3) is 8.01. The zero-order valence-corrected chi connectivity index (χ0v) is 22.0. The Kier molecular flexibility index (Phi) is 9.56. The van der Waals surface area contributed by atoms with Crippen LogP contribution in [0.1, 0.15) is 34.4 Å². The van der Waals surface area contributed by atoms with Gasteiger partial charge in [-0.1, -0.05) is 48.2 Å². The van der Waals surface area contributed by atoms with Crippen molar-refractivity contribution in [2.75, 3.05) is 23.0 Å². The number of aryl methyl sites for hydroxylation is 5. The van der Waals surface area contributed by atoms with Crippen LogP contribution in [0, 0.1) is 27.7 Å². The van der Waals surface area contributed by atoms with Crippen LogP contribution in [-0.4, -0.2) is 45.3 Å². The number of hydrogen-bond acceptors (Lipinski definition) is 8. The van der Waals surface area contributed by atoms with E-state index in [1.54, 1.807) is 0 Å². The first-order chi connectivity index (χ1) is 17.6. The fourth-order valence-corrected chi connectivity index (χ4v) is 4.12. The number of ether oxygens (including phenoxy) is 1. The lowest BCUT2D eigenvalue weighted by Crippen LogP contribution is -2.23. The van der Waals surface area contributed by atoms with Crippen molar-refractivity contribution in [1.82, 2.24) is 15.2 Å². The maximum absolute atomic E-state index is 12.3. The van der Waals surface area contributed by atoms with Crippen molar-refractivity contribution in [3.8, 4) is 0 Å². The van der Waals surface area contributed by atoms with Crippen molar-refractivity contribution in [3.05, 3.63) is 74.7 Å². The summed E-state index contributed by atoms with van der Waals surface area (Å²) in [4.78, 5) is 51.4. The summed E-state index contributed by atoms with van der Waals surface area (Å²) in [5.41, 5.74) is 4.72. The van der Waals surface area contributed by atoms with Gasteiger partial charge in [0.1, 0.15) is 5.69 Å². The van der Waals surface area contributed by atoms with Crippen molar-refractivity contribution in [3.63, 3.8) is 0 Å². The minimum absolute atomic E-state index is 0.00230. The molecule has 194 valence electrons. The first-order valence-corrected chi connectivity index (χ1v) is 12.6. The van der Waals surface area contributed by atoms with Gasteiger partial charge in [-0.15, -0.1) is 10.2 Å². The molecule has 0 aliphatic carbocycles. The standard InChI is InChI=1S/C26H29N5O5S/c1-15-7-5-8-16(2)23(15)27-20(32)13-36-22(34)12-11-19-25(35)29-26(31-30-19)37-14-21(33)28-24-17(3)9-6-10-18(24)4/h5-10H,11-14H2,1-4H3,(H,27,32)(H,28,33)(H,29,31,35). The number of nitrogens with one attached hydrogen (secondary N) is 3. The number of rotatable bonds is 10. The van der Waals surface area contributed by atoms with Crippen molar-refractivity contribution in [2.45, 2.75) is 45.7 Å². The van der Waals surface area contributed by atoms with E-state index in [0.29, 0.717) is 5.69 Å².